The Balaban J connectivity index is 1.67. The maximum absolute atomic E-state index is 12.6. The second kappa shape index (κ2) is 4.69. The molecule has 3 heteroatoms. The lowest BCUT2D eigenvalue weighted by Crippen LogP contribution is -2.39. The van der Waals surface area contributed by atoms with E-state index >= 15 is 0 Å². The summed E-state index contributed by atoms with van der Waals surface area (Å²) < 4.78 is 0. The Bertz CT molecular complexity index is 416. The number of thiophene rings is 1. The van der Waals surface area contributed by atoms with E-state index in [1.807, 2.05) is 0 Å². The van der Waals surface area contributed by atoms with Crippen LogP contribution >= 0.6 is 11.3 Å². The van der Waals surface area contributed by atoms with Crippen LogP contribution in [0.4, 0.5) is 0 Å². The van der Waals surface area contributed by atoms with Crippen LogP contribution in [0.5, 0.6) is 0 Å². The van der Waals surface area contributed by atoms with Crippen molar-refractivity contribution < 1.29 is 4.79 Å². The maximum Gasteiger partial charge on any atom is 0.226 e. The minimum atomic E-state index is 0.302. The number of carbonyl (C=O) groups excluding carboxylic acids is 1. The van der Waals surface area contributed by atoms with Gasteiger partial charge in [-0.25, -0.2) is 0 Å². The second-order valence-corrected chi connectivity index (χ2v) is 7.10. The molecule has 2 unspecified atom stereocenters. The average molecular weight is 263 g/mol. The standard InChI is InChI=1S/C15H21NOS/c1-10(2)16(9-14-4-3-5-18-14)15(17)13-7-11-6-12(11)8-13/h3-5,10-13H,6-9H2,1-2H3. The predicted molar refractivity (Wildman–Crippen MR) is 74.3 cm³/mol. The van der Waals surface area contributed by atoms with Gasteiger partial charge < -0.3 is 4.90 Å². The third-order valence-electron chi connectivity index (χ3n) is 4.41. The SMILES string of the molecule is CC(C)N(Cc1cccs1)C(=O)C1CC2CC2C1. The highest BCUT2D eigenvalue weighted by atomic mass is 32.1. The van der Waals surface area contributed by atoms with Gasteiger partial charge in [0.1, 0.15) is 0 Å². The van der Waals surface area contributed by atoms with E-state index in [2.05, 4.69) is 36.3 Å². The fraction of sp³-hybridized carbons (Fsp3) is 0.667. The minimum absolute atomic E-state index is 0.302. The Hall–Kier alpha value is -0.830. The summed E-state index contributed by atoms with van der Waals surface area (Å²) in [5.74, 6) is 2.48. The van der Waals surface area contributed by atoms with E-state index in [4.69, 9.17) is 0 Å². The van der Waals surface area contributed by atoms with Gasteiger partial charge in [0.05, 0.1) is 6.54 Å². The van der Waals surface area contributed by atoms with Gasteiger partial charge in [0.2, 0.25) is 5.91 Å². The van der Waals surface area contributed by atoms with Gasteiger partial charge in [-0.15, -0.1) is 11.3 Å². The van der Waals surface area contributed by atoms with Gasteiger partial charge in [-0.2, -0.15) is 0 Å². The highest BCUT2D eigenvalue weighted by molar-refractivity contribution is 7.09. The number of amides is 1. The third kappa shape index (κ3) is 2.33. The first kappa shape index (κ1) is 12.2. The Morgan fingerprint density at radius 3 is 2.67 bits per heavy atom. The van der Waals surface area contributed by atoms with Crippen molar-refractivity contribution >= 4 is 17.2 Å². The van der Waals surface area contributed by atoms with E-state index in [0.717, 1.165) is 31.2 Å². The summed E-state index contributed by atoms with van der Waals surface area (Å²) in [5, 5.41) is 2.09. The van der Waals surface area contributed by atoms with Gasteiger partial charge in [0, 0.05) is 16.8 Å². The van der Waals surface area contributed by atoms with E-state index in [-0.39, 0.29) is 0 Å². The normalized spacial score (nSPS) is 29.4. The summed E-state index contributed by atoms with van der Waals surface area (Å²) in [6.45, 7) is 5.04. The fourth-order valence-electron chi connectivity index (χ4n) is 3.24. The molecule has 3 rings (SSSR count). The van der Waals surface area contributed by atoms with Crippen molar-refractivity contribution in [3.63, 3.8) is 0 Å². The Labute approximate surface area is 113 Å². The second-order valence-electron chi connectivity index (χ2n) is 6.06. The lowest BCUT2D eigenvalue weighted by Gasteiger charge is -2.29. The average Bonchev–Trinajstić information content (AvgIpc) is 2.81. The van der Waals surface area contributed by atoms with Crippen LogP contribution in [0.1, 0.15) is 38.0 Å². The first-order valence-corrected chi connectivity index (χ1v) is 7.86. The van der Waals surface area contributed by atoms with E-state index in [1.165, 1.54) is 11.3 Å². The summed E-state index contributed by atoms with van der Waals surface area (Å²) >= 11 is 1.74. The van der Waals surface area contributed by atoms with Gasteiger partial charge >= 0.3 is 0 Å². The summed E-state index contributed by atoms with van der Waals surface area (Å²) in [6, 6.07) is 4.49. The minimum Gasteiger partial charge on any atom is -0.335 e. The fourth-order valence-corrected chi connectivity index (χ4v) is 3.94. The molecule has 1 amide bonds. The van der Waals surface area contributed by atoms with E-state index in [0.29, 0.717) is 17.9 Å². The van der Waals surface area contributed by atoms with Gasteiger partial charge in [0.15, 0.2) is 0 Å². The molecule has 1 aromatic heterocycles. The van der Waals surface area contributed by atoms with Gasteiger partial charge in [-0.1, -0.05) is 6.07 Å². The van der Waals surface area contributed by atoms with Crippen molar-refractivity contribution in [1.82, 2.24) is 4.90 Å². The third-order valence-corrected chi connectivity index (χ3v) is 5.27. The lowest BCUT2D eigenvalue weighted by molar-refractivity contribution is -0.138. The molecular formula is C15H21NOS. The van der Waals surface area contributed by atoms with Crippen molar-refractivity contribution in [1.29, 1.82) is 0 Å². The molecule has 18 heavy (non-hydrogen) atoms. The lowest BCUT2D eigenvalue weighted by atomic mass is 10.0. The quantitative estimate of drug-likeness (QED) is 0.813. The first-order chi connectivity index (χ1) is 8.65. The van der Waals surface area contributed by atoms with Crippen LogP contribution in [0.3, 0.4) is 0 Å². The van der Waals surface area contributed by atoms with Crippen molar-refractivity contribution in [3.8, 4) is 0 Å². The molecule has 0 spiro atoms. The van der Waals surface area contributed by atoms with Crippen LogP contribution in [0.15, 0.2) is 17.5 Å². The molecule has 1 heterocycles. The molecule has 0 radical (unpaired) electrons. The number of nitrogens with zero attached hydrogens (tertiary/aromatic N) is 1. The molecule has 2 aliphatic carbocycles. The molecule has 2 saturated carbocycles. The molecular weight excluding hydrogens is 242 g/mol. The van der Waals surface area contributed by atoms with Crippen molar-refractivity contribution in [2.45, 2.75) is 45.7 Å². The van der Waals surface area contributed by atoms with Crippen LogP contribution < -0.4 is 0 Å². The molecule has 0 bridgehead atoms. The Morgan fingerprint density at radius 1 is 1.39 bits per heavy atom. The van der Waals surface area contributed by atoms with E-state index < -0.39 is 0 Å². The molecule has 1 aromatic rings. The number of carbonyl (C=O) groups is 1. The number of rotatable bonds is 4. The monoisotopic (exact) mass is 263 g/mol. The van der Waals surface area contributed by atoms with Gasteiger partial charge in [-0.05, 0) is 56.4 Å². The highest BCUT2D eigenvalue weighted by Gasteiger charge is 2.48. The van der Waals surface area contributed by atoms with E-state index in [1.54, 1.807) is 11.3 Å². The van der Waals surface area contributed by atoms with Gasteiger partial charge in [-0.3, -0.25) is 4.79 Å². The smallest absolute Gasteiger partial charge is 0.226 e. The van der Waals surface area contributed by atoms with Crippen LogP contribution in [0.2, 0.25) is 0 Å². The maximum atomic E-state index is 12.6. The van der Waals surface area contributed by atoms with Crippen LogP contribution in [0.25, 0.3) is 0 Å². The molecule has 2 atom stereocenters. The molecule has 2 fully saturated rings. The zero-order valence-corrected chi connectivity index (χ0v) is 12.0. The molecule has 0 saturated heterocycles. The summed E-state index contributed by atoms with van der Waals surface area (Å²) in [5.41, 5.74) is 0. The Kier molecular flexibility index (Phi) is 3.18. The topological polar surface area (TPSA) is 20.3 Å². The van der Waals surface area contributed by atoms with Crippen molar-refractivity contribution in [2.24, 2.45) is 17.8 Å². The summed E-state index contributed by atoms with van der Waals surface area (Å²) in [7, 11) is 0. The molecule has 0 aliphatic heterocycles. The summed E-state index contributed by atoms with van der Waals surface area (Å²) in [4.78, 5) is 16.0. The molecule has 98 valence electrons. The highest BCUT2D eigenvalue weighted by Crippen LogP contribution is 2.54. The Morgan fingerprint density at radius 2 is 2.11 bits per heavy atom. The van der Waals surface area contributed by atoms with Crippen molar-refractivity contribution in [3.05, 3.63) is 22.4 Å². The zero-order valence-electron chi connectivity index (χ0n) is 11.1. The van der Waals surface area contributed by atoms with Gasteiger partial charge in [0.25, 0.3) is 0 Å². The van der Waals surface area contributed by atoms with Crippen LogP contribution in [-0.4, -0.2) is 16.8 Å². The van der Waals surface area contributed by atoms with Crippen LogP contribution in [0, 0.1) is 17.8 Å². The predicted octanol–water partition coefficient (Wildman–Crippen LogP) is 3.53. The zero-order chi connectivity index (χ0) is 12.7. The molecule has 0 aromatic carbocycles. The molecule has 0 N–H and O–H groups in total. The van der Waals surface area contributed by atoms with E-state index in [9.17, 15) is 4.79 Å². The van der Waals surface area contributed by atoms with Crippen molar-refractivity contribution in [2.75, 3.05) is 0 Å². The molecule has 2 aliphatic rings. The van der Waals surface area contributed by atoms with Crippen LogP contribution in [-0.2, 0) is 11.3 Å². The molecule has 2 nitrogen and oxygen atoms in total. The number of hydrogen-bond donors (Lipinski definition) is 0. The summed E-state index contributed by atoms with van der Waals surface area (Å²) in [6.07, 6.45) is 3.69. The number of fused-ring (bicyclic) bond motifs is 1. The number of hydrogen-bond acceptors (Lipinski definition) is 2. The largest absolute Gasteiger partial charge is 0.335 e. The first-order valence-electron chi connectivity index (χ1n) is 6.98.